The minimum absolute atomic E-state index is 0.498. The zero-order valence-electron chi connectivity index (χ0n) is 21.1. The van der Waals surface area contributed by atoms with Gasteiger partial charge in [0.25, 0.3) is 0 Å². The zero-order chi connectivity index (χ0) is 26.5. The van der Waals surface area contributed by atoms with Gasteiger partial charge in [0.05, 0.1) is 21.0 Å². The van der Waals surface area contributed by atoms with Gasteiger partial charge in [-0.25, -0.2) is 9.97 Å². The average molecular weight is 541 g/mol. The van der Waals surface area contributed by atoms with E-state index in [1.165, 1.54) is 11.3 Å². The zero-order valence-corrected chi connectivity index (χ0v) is 22.8. The van der Waals surface area contributed by atoms with Crippen LogP contribution in [0, 0.1) is 0 Å². The summed E-state index contributed by atoms with van der Waals surface area (Å²) < 4.78 is 0. The lowest BCUT2D eigenvalue weighted by molar-refractivity contribution is -0.0738. The second kappa shape index (κ2) is 9.18. The number of thiazole rings is 2. The summed E-state index contributed by atoms with van der Waals surface area (Å²) in [5.74, 6) is 0. The maximum absolute atomic E-state index is 11.2. The number of hydrogen-bond donors (Lipinski definition) is 3. The van der Waals surface area contributed by atoms with E-state index in [9.17, 15) is 10.2 Å². The standard InChI is InChI=1S/C30H28N4O2S2/c1-28(35)17-30(31,18-28)21-12-10-19(11-13-21)24-25(20-7-4-3-5-8-20)38-26(34-24)23-16-33-27(37-23)29(2,36)22-9-6-14-32-15-22/h3-16,35-36H,17-18,31H2,1-2H3/t28-,29?,30+. The summed E-state index contributed by atoms with van der Waals surface area (Å²) in [5, 5.41) is 22.9. The van der Waals surface area contributed by atoms with Crippen molar-refractivity contribution < 1.29 is 10.2 Å². The lowest BCUT2D eigenvalue weighted by Crippen LogP contribution is -2.58. The van der Waals surface area contributed by atoms with Crippen LogP contribution >= 0.6 is 22.7 Å². The van der Waals surface area contributed by atoms with E-state index < -0.39 is 16.7 Å². The van der Waals surface area contributed by atoms with E-state index in [1.54, 1.807) is 36.9 Å². The van der Waals surface area contributed by atoms with Crippen molar-refractivity contribution in [2.45, 2.75) is 43.4 Å². The molecule has 1 aliphatic rings. The van der Waals surface area contributed by atoms with Gasteiger partial charge in [0, 0.05) is 35.3 Å². The fourth-order valence-corrected chi connectivity index (χ4v) is 7.37. The van der Waals surface area contributed by atoms with Gasteiger partial charge in [-0.15, -0.1) is 22.7 Å². The Morgan fingerprint density at radius 2 is 1.66 bits per heavy atom. The smallest absolute Gasteiger partial charge is 0.140 e. The second-order valence-corrected chi connectivity index (χ2v) is 12.5. The van der Waals surface area contributed by atoms with E-state index in [1.807, 2.05) is 49.4 Å². The van der Waals surface area contributed by atoms with Crippen molar-refractivity contribution in [3.05, 3.63) is 101 Å². The van der Waals surface area contributed by atoms with Crippen LogP contribution in [0.3, 0.4) is 0 Å². The summed E-state index contributed by atoms with van der Waals surface area (Å²) >= 11 is 3.05. The highest BCUT2D eigenvalue weighted by atomic mass is 32.1. The number of nitrogens with two attached hydrogens (primary N) is 1. The van der Waals surface area contributed by atoms with Gasteiger partial charge >= 0.3 is 0 Å². The molecular weight excluding hydrogens is 512 g/mol. The fraction of sp³-hybridized carbons (Fsp3) is 0.233. The molecule has 0 spiro atoms. The highest BCUT2D eigenvalue weighted by Crippen LogP contribution is 2.47. The quantitative estimate of drug-likeness (QED) is 0.246. The molecule has 1 saturated carbocycles. The first kappa shape index (κ1) is 25.0. The normalized spacial score (nSPS) is 22.6. The Morgan fingerprint density at radius 3 is 2.32 bits per heavy atom. The molecule has 8 heteroatoms. The number of rotatable bonds is 6. The third-order valence-corrected chi connectivity index (χ3v) is 9.63. The predicted octanol–water partition coefficient (Wildman–Crippen LogP) is 5.95. The summed E-state index contributed by atoms with van der Waals surface area (Å²) in [7, 11) is 0. The Balaban J connectivity index is 1.37. The number of nitrogens with zero attached hydrogens (tertiary/aromatic N) is 3. The molecule has 0 amide bonds. The molecule has 5 aromatic rings. The minimum Gasteiger partial charge on any atom is -0.390 e. The lowest BCUT2D eigenvalue weighted by Gasteiger charge is -2.49. The topological polar surface area (TPSA) is 105 Å². The number of hydrogen-bond acceptors (Lipinski definition) is 8. The molecule has 38 heavy (non-hydrogen) atoms. The molecule has 2 aromatic carbocycles. The van der Waals surface area contributed by atoms with E-state index in [0.717, 1.165) is 37.1 Å². The SMILES string of the molecule is CC(O)(c1cccnc1)c1ncc(-c2nc(-c3ccc([C@]4(N)C[C@@](C)(O)C4)cc3)c(-c3ccccc3)s2)s1. The third kappa shape index (κ3) is 4.48. The van der Waals surface area contributed by atoms with Gasteiger partial charge in [-0.1, -0.05) is 60.7 Å². The molecular formula is C30H28N4O2S2. The Kier molecular flexibility index (Phi) is 6.05. The first-order valence-electron chi connectivity index (χ1n) is 12.4. The maximum atomic E-state index is 11.2. The third-order valence-electron chi connectivity index (χ3n) is 7.15. The molecule has 1 unspecified atom stereocenters. The van der Waals surface area contributed by atoms with E-state index in [4.69, 9.17) is 10.7 Å². The van der Waals surface area contributed by atoms with Crippen LogP contribution in [0.1, 0.15) is 42.8 Å². The molecule has 6 rings (SSSR count). The Morgan fingerprint density at radius 1 is 0.921 bits per heavy atom. The monoisotopic (exact) mass is 540 g/mol. The summed E-state index contributed by atoms with van der Waals surface area (Å²) in [6.45, 7) is 3.57. The van der Waals surface area contributed by atoms with Crippen molar-refractivity contribution >= 4 is 22.7 Å². The van der Waals surface area contributed by atoms with Crippen LogP contribution in [0.4, 0.5) is 0 Å². The molecule has 0 radical (unpaired) electrons. The first-order valence-corrected chi connectivity index (χ1v) is 14.1. The van der Waals surface area contributed by atoms with Gasteiger partial charge in [0.2, 0.25) is 0 Å². The van der Waals surface area contributed by atoms with Gasteiger partial charge in [-0.3, -0.25) is 4.98 Å². The minimum atomic E-state index is -1.25. The van der Waals surface area contributed by atoms with E-state index in [0.29, 0.717) is 23.4 Å². The van der Waals surface area contributed by atoms with Gasteiger partial charge in [-0.05, 0) is 43.9 Å². The maximum Gasteiger partial charge on any atom is 0.140 e. The second-order valence-electron chi connectivity index (χ2n) is 10.5. The van der Waals surface area contributed by atoms with Crippen LogP contribution in [0.2, 0.25) is 0 Å². The van der Waals surface area contributed by atoms with Crippen molar-refractivity contribution in [1.29, 1.82) is 0 Å². The Bertz CT molecular complexity index is 1570. The molecule has 1 aliphatic carbocycles. The van der Waals surface area contributed by atoms with Crippen molar-refractivity contribution in [3.63, 3.8) is 0 Å². The number of pyridine rings is 1. The molecule has 192 valence electrons. The van der Waals surface area contributed by atoms with Crippen LogP contribution in [-0.4, -0.2) is 30.8 Å². The lowest BCUT2D eigenvalue weighted by atomic mass is 9.63. The van der Waals surface area contributed by atoms with E-state index in [-0.39, 0.29) is 0 Å². The average Bonchev–Trinajstić information content (AvgIpc) is 3.57. The number of benzene rings is 2. The van der Waals surface area contributed by atoms with Gasteiger partial charge in [-0.2, -0.15) is 0 Å². The number of aromatic nitrogens is 3. The summed E-state index contributed by atoms with van der Waals surface area (Å²) in [5.41, 5.74) is 8.81. The largest absolute Gasteiger partial charge is 0.390 e. The predicted molar refractivity (Wildman–Crippen MR) is 153 cm³/mol. The van der Waals surface area contributed by atoms with E-state index in [2.05, 4.69) is 34.2 Å². The fourth-order valence-electron chi connectivity index (χ4n) is 5.25. The molecule has 1 fully saturated rings. The van der Waals surface area contributed by atoms with Crippen molar-refractivity contribution in [1.82, 2.24) is 15.0 Å². The van der Waals surface area contributed by atoms with Gasteiger partial charge < -0.3 is 15.9 Å². The van der Waals surface area contributed by atoms with Crippen LogP contribution in [0.15, 0.2) is 85.3 Å². The van der Waals surface area contributed by atoms with Crippen LogP contribution in [0.5, 0.6) is 0 Å². The molecule has 0 bridgehead atoms. The summed E-state index contributed by atoms with van der Waals surface area (Å²) in [6, 6.07) is 22.1. The molecule has 3 heterocycles. The summed E-state index contributed by atoms with van der Waals surface area (Å²) in [6.07, 6.45) is 6.23. The van der Waals surface area contributed by atoms with E-state index >= 15 is 0 Å². The first-order chi connectivity index (χ1) is 18.1. The van der Waals surface area contributed by atoms with Gasteiger partial charge in [0.15, 0.2) is 0 Å². The van der Waals surface area contributed by atoms with Crippen molar-refractivity contribution in [3.8, 4) is 31.6 Å². The van der Waals surface area contributed by atoms with Crippen molar-refractivity contribution in [2.75, 3.05) is 0 Å². The Hall–Kier alpha value is -3.27. The number of aliphatic hydroxyl groups is 2. The molecule has 0 aliphatic heterocycles. The molecule has 1 atom stereocenters. The molecule has 0 saturated heterocycles. The molecule has 3 aromatic heterocycles. The highest BCUT2D eigenvalue weighted by molar-refractivity contribution is 7.23. The molecule has 4 N–H and O–H groups in total. The van der Waals surface area contributed by atoms with Crippen LogP contribution in [-0.2, 0) is 11.1 Å². The van der Waals surface area contributed by atoms with Crippen LogP contribution < -0.4 is 5.73 Å². The van der Waals surface area contributed by atoms with Crippen LogP contribution in [0.25, 0.3) is 31.6 Å². The Labute approximate surface area is 229 Å². The highest BCUT2D eigenvalue weighted by Gasteiger charge is 2.49. The summed E-state index contributed by atoms with van der Waals surface area (Å²) in [4.78, 5) is 15.7. The van der Waals surface area contributed by atoms with Gasteiger partial charge in [0.1, 0.15) is 15.6 Å². The molecule has 6 nitrogen and oxygen atoms in total. The van der Waals surface area contributed by atoms with Crippen molar-refractivity contribution in [2.24, 2.45) is 5.73 Å².